The second-order valence-electron chi connectivity index (χ2n) is 7.86. The first-order chi connectivity index (χ1) is 14.9. The summed E-state index contributed by atoms with van der Waals surface area (Å²) in [5.41, 5.74) is 0.519. The van der Waals surface area contributed by atoms with Gasteiger partial charge in [0.1, 0.15) is 29.5 Å². The molecule has 3 heterocycles. The maximum atomic E-state index is 11.7. The highest BCUT2D eigenvalue weighted by atomic mass is 35.5. The number of hydrogen-bond acceptors (Lipinski definition) is 6. The number of nitrogens with zero attached hydrogens (tertiary/aromatic N) is 2. The Hall–Kier alpha value is -2.22. The number of anilines is 2. The van der Waals surface area contributed by atoms with Gasteiger partial charge in [-0.1, -0.05) is 23.2 Å². The van der Waals surface area contributed by atoms with E-state index in [1.165, 1.54) is 0 Å². The average Bonchev–Trinajstić information content (AvgIpc) is 2.75. The third-order valence-electron chi connectivity index (χ3n) is 5.68. The van der Waals surface area contributed by atoms with E-state index in [2.05, 4.69) is 15.2 Å². The second-order valence-corrected chi connectivity index (χ2v) is 8.67. The van der Waals surface area contributed by atoms with E-state index >= 15 is 0 Å². The highest BCUT2D eigenvalue weighted by molar-refractivity contribution is 6.34. The maximum Gasteiger partial charge on any atom is 0.224 e. The minimum Gasteiger partial charge on any atom is -0.492 e. The number of carbonyl (C=O) groups excluding carboxylic acids is 1. The maximum absolute atomic E-state index is 11.7. The van der Waals surface area contributed by atoms with Gasteiger partial charge in [-0.15, -0.1) is 0 Å². The minimum atomic E-state index is -0.960. The molecular weight excluding hydrogens is 441 g/mol. The molecule has 7 nitrogen and oxygen atoms in total. The van der Waals surface area contributed by atoms with Crippen molar-refractivity contribution in [2.75, 3.05) is 36.5 Å². The van der Waals surface area contributed by atoms with Crippen molar-refractivity contribution in [1.29, 1.82) is 0 Å². The number of nitrogens with one attached hydrogen (secondary N) is 1. The van der Waals surface area contributed by atoms with E-state index in [-0.39, 0.29) is 12.5 Å². The molecule has 0 saturated carbocycles. The van der Waals surface area contributed by atoms with E-state index in [1.807, 2.05) is 6.92 Å². The Bertz CT molecular complexity index is 977. The Balaban J connectivity index is 1.39. The number of benzene rings is 1. The number of amides is 1. The summed E-state index contributed by atoms with van der Waals surface area (Å²) in [6.07, 6.45) is 3.65. The van der Waals surface area contributed by atoms with Crippen LogP contribution in [-0.2, 0) is 11.2 Å². The fourth-order valence-corrected chi connectivity index (χ4v) is 4.44. The lowest BCUT2D eigenvalue weighted by molar-refractivity contribution is -0.116. The quantitative estimate of drug-likeness (QED) is 0.668. The molecule has 2 aromatic rings. The van der Waals surface area contributed by atoms with Gasteiger partial charge in [-0.05, 0) is 38.3 Å². The van der Waals surface area contributed by atoms with Crippen molar-refractivity contribution in [3.05, 3.63) is 40.0 Å². The summed E-state index contributed by atoms with van der Waals surface area (Å²) >= 11 is 12.6. The summed E-state index contributed by atoms with van der Waals surface area (Å²) in [6, 6.07) is 5.26. The largest absolute Gasteiger partial charge is 0.492 e. The smallest absolute Gasteiger partial charge is 0.224 e. The van der Waals surface area contributed by atoms with E-state index in [4.69, 9.17) is 32.7 Å². The standard InChI is InChI=1S/C22H25Cl2N3O4/c1-2-30-14-11-17(24)21(25-12-14)27-9-7-22(29,8-10-27)13-31-18-5-4-16(23)20-15(18)3-6-19(28)26-20/h4-5,11-12,29H,2-3,6-10,13H2,1H3,(H,26,28). The summed E-state index contributed by atoms with van der Waals surface area (Å²) in [4.78, 5) is 18.2. The first kappa shape index (κ1) is 22.0. The predicted molar refractivity (Wildman–Crippen MR) is 121 cm³/mol. The fourth-order valence-electron chi connectivity index (χ4n) is 3.94. The molecule has 4 rings (SSSR count). The number of pyridine rings is 1. The Kier molecular flexibility index (Phi) is 6.46. The third-order valence-corrected chi connectivity index (χ3v) is 6.28. The van der Waals surface area contributed by atoms with Crippen molar-refractivity contribution in [2.24, 2.45) is 0 Å². The summed E-state index contributed by atoms with van der Waals surface area (Å²) < 4.78 is 11.4. The number of carbonyl (C=O) groups is 1. The molecule has 0 atom stereocenters. The Morgan fingerprint density at radius 2 is 1.97 bits per heavy atom. The summed E-state index contributed by atoms with van der Waals surface area (Å²) in [5, 5.41) is 14.9. The van der Waals surface area contributed by atoms with Crippen LogP contribution in [0.1, 0.15) is 31.7 Å². The minimum absolute atomic E-state index is 0.0564. The number of ether oxygens (including phenoxy) is 2. The van der Waals surface area contributed by atoms with E-state index in [1.54, 1.807) is 24.4 Å². The lowest BCUT2D eigenvalue weighted by atomic mass is 9.92. The zero-order chi connectivity index (χ0) is 22.0. The summed E-state index contributed by atoms with van der Waals surface area (Å²) in [6.45, 7) is 3.83. The molecule has 1 amide bonds. The number of aliphatic hydroxyl groups is 1. The zero-order valence-electron chi connectivity index (χ0n) is 17.3. The van der Waals surface area contributed by atoms with Gasteiger partial charge in [0.05, 0.1) is 28.5 Å². The van der Waals surface area contributed by atoms with Crippen LogP contribution in [0.25, 0.3) is 0 Å². The van der Waals surface area contributed by atoms with Crippen molar-refractivity contribution in [2.45, 2.75) is 38.2 Å². The van der Waals surface area contributed by atoms with Gasteiger partial charge in [0, 0.05) is 31.1 Å². The molecule has 0 radical (unpaired) electrons. The number of aromatic nitrogens is 1. The van der Waals surface area contributed by atoms with Crippen molar-refractivity contribution >= 4 is 40.6 Å². The molecule has 2 N–H and O–H groups in total. The van der Waals surface area contributed by atoms with E-state index in [9.17, 15) is 9.90 Å². The molecule has 1 saturated heterocycles. The van der Waals surface area contributed by atoms with Crippen LogP contribution in [0, 0.1) is 0 Å². The van der Waals surface area contributed by atoms with Crippen LogP contribution < -0.4 is 19.7 Å². The fraction of sp³-hybridized carbons (Fsp3) is 0.455. The molecule has 2 aliphatic heterocycles. The lowest BCUT2D eigenvalue weighted by Crippen LogP contribution is -2.48. The van der Waals surface area contributed by atoms with Crippen LogP contribution >= 0.6 is 23.2 Å². The van der Waals surface area contributed by atoms with Crippen LogP contribution in [0.2, 0.25) is 10.0 Å². The topological polar surface area (TPSA) is 83.9 Å². The van der Waals surface area contributed by atoms with Crippen molar-refractivity contribution < 1.29 is 19.4 Å². The molecule has 1 fully saturated rings. The number of rotatable bonds is 6. The van der Waals surface area contributed by atoms with Gasteiger partial charge >= 0.3 is 0 Å². The molecule has 0 unspecified atom stereocenters. The van der Waals surface area contributed by atoms with Crippen LogP contribution in [0.4, 0.5) is 11.5 Å². The van der Waals surface area contributed by atoms with Crippen LogP contribution in [-0.4, -0.2) is 47.9 Å². The van der Waals surface area contributed by atoms with Gasteiger partial charge in [-0.3, -0.25) is 4.79 Å². The van der Waals surface area contributed by atoms with Gasteiger partial charge in [-0.25, -0.2) is 4.98 Å². The summed E-state index contributed by atoms with van der Waals surface area (Å²) in [7, 11) is 0. The third kappa shape index (κ3) is 4.84. The molecule has 1 aromatic carbocycles. The molecular formula is C22H25Cl2N3O4. The van der Waals surface area contributed by atoms with Gasteiger partial charge < -0.3 is 24.8 Å². The lowest BCUT2D eigenvalue weighted by Gasteiger charge is -2.39. The molecule has 0 spiro atoms. The first-order valence-corrected chi connectivity index (χ1v) is 11.1. The van der Waals surface area contributed by atoms with Gasteiger partial charge in [0.2, 0.25) is 5.91 Å². The molecule has 166 valence electrons. The Morgan fingerprint density at radius 1 is 1.19 bits per heavy atom. The highest BCUT2D eigenvalue weighted by Gasteiger charge is 2.35. The zero-order valence-corrected chi connectivity index (χ0v) is 18.8. The second kappa shape index (κ2) is 9.10. The van der Waals surface area contributed by atoms with Gasteiger partial charge in [0.25, 0.3) is 0 Å². The molecule has 9 heteroatoms. The monoisotopic (exact) mass is 465 g/mol. The van der Waals surface area contributed by atoms with Crippen molar-refractivity contribution in [3.63, 3.8) is 0 Å². The van der Waals surface area contributed by atoms with E-state index in [0.29, 0.717) is 78.4 Å². The number of halogens is 2. The number of fused-ring (bicyclic) bond motifs is 1. The molecule has 0 aliphatic carbocycles. The molecule has 1 aromatic heterocycles. The molecule has 2 aliphatic rings. The normalized spacial score (nSPS) is 17.7. The van der Waals surface area contributed by atoms with Crippen molar-refractivity contribution in [3.8, 4) is 11.5 Å². The van der Waals surface area contributed by atoms with Crippen molar-refractivity contribution in [1.82, 2.24) is 4.98 Å². The van der Waals surface area contributed by atoms with Crippen LogP contribution in [0.15, 0.2) is 24.4 Å². The highest BCUT2D eigenvalue weighted by Crippen LogP contribution is 2.38. The Morgan fingerprint density at radius 3 is 2.68 bits per heavy atom. The van der Waals surface area contributed by atoms with Crippen LogP contribution in [0.3, 0.4) is 0 Å². The molecule has 0 bridgehead atoms. The first-order valence-electron chi connectivity index (χ1n) is 10.4. The van der Waals surface area contributed by atoms with E-state index in [0.717, 1.165) is 5.56 Å². The van der Waals surface area contributed by atoms with Crippen LogP contribution in [0.5, 0.6) is 11.5 Å². The number of hydrogen-bond donors (Lipinski definition) is 2. The van der Waals surface area contributed by atoms with Gasteiger partial charge in [0.15, 0.2) is 0 Å². The molecule has 31 heavy (non-hydrogen) atoms. The van der Waals surface area contributed by atoms with E-state index < -0.39 is 5.60 Å². The SMILES string of the molecule is CCOc1cnc(N2CCC(O)(COc3ccc(Cl)c4c3CCC(=O)N4)CC2)c(Cl)c1. The summed E-state index contributed by atoms with van der Waals surface area (Å²) in [5.74, 6) is 1.92. The number of piperidine rings is 1. The van der Waals surface area contributed by atoms with Gasteiger partial charge in [-0.2, -0.15) is 0 Å². The predicted octanol–water partition coefficient (Wildman–Crippen LogP) is 4.08. The Labute approximate surface area is 191 Å². The average molecular weight is 466 g/mol.